The second-order valence-corrected chi connectivity index (χ2v) is 7.63. The van der Waals surface area contributed by atoms with E-state index in [1.165, 1.54) is 0 Å². The molecule has 3 heterocycles. The van der Waals surface area contributed by atoms with Crippen molar-refractivity contribution in [3.05, 3.63) is 54.2 Å². The largest absolute Gasteiger partial charge is 0.497 e. The molecular weight excluding hydrogens is 422 g/mol. The van der Waals surface area contributed by atoms with E-state index in [9.17, 15) is 4.79 Å². The average Bonchev–Trinajstić information content (AvgIpc) is 2.84. The zero-order valence-electron chi connectivity index (χ0n) is 18.9. The van der Waals surface area contributed by atoms with Crippen LogP contribution < -0.4 is 25.0 Å². The molecule has 1 aliphatic heterocycles. The van der Waals surface area contributed by atoms with Crippen LogP contribution in [0.4, 0.5) is 27.9 Å². The Morgan fingerprint density at radius 3 is 2.24 bits per heavy atom. The summed E-state index contributed by atoms with van der Waals surface area (Å²) >= 11 is 0. The van der Waals surface area contributed by atoms with E-state index in [1.807, 2.05) is 31.2 Å². The number of hydrogen-bond acceptors (Lipinski definition) is 8. The van der Waals surface area contributed by atoms with Crippen molar-refractivity contribution in [1.29, 1.82) is 0 Å². The quantitative estimate of drug-likeness (QED) is 0.591. The zero-order valence-corrected chi connectivity index (χ0v) is 18.9. The van der Waals surface area contributed by atoms with Crippen molar-refractivity contribution < 1.29 is 14.3 Å². The molecule has 2 N–H and O–H groups in total. The lowest BCUT2D eigenvalue weighted by Gasteiger charge is -2.35. The van der Waals surface area contributed by atoms with Crippen molar-refractivity contribution in [3.63, 3.8) is 0 Å². The Bertz CT molecular complexity index is 1080. The molecule has 0 aliphatic carbocycles. The van der Waals surface area contributed by atoms with Crippen LogP contribution in [0.15, 0.2) is 48.7 Å². The summed E-state index contributed by atoms with van der Waals surface area (Å²) in [5.41, 5.74) is 1.74. The number of ether oxygens (including phenoxy) is 2. The first kappa shape index (κ1) is 22.1. The number of piperazine rings is 1. The van der Waals surface area contributed by atoms with E-state index in [-0.39, 0.29) is 6.03 Å². The maximum atomic E-state index is 12.7. The van der Waals surface area contributed by atoms with E-state index in [0.29, 0.717) is 49.2 Å². The number of nitrogens with one attached hydrogen (secondary N) is 2. The molecule has 0 spiro atoms. The molecule has 0 saturated carbocycles. The van der Waals surface area contributed by atoms with Crippen LogP contribution in [0.2, 0.25) is 0 Å². The Balaban J connectivity index is 1.31. The van der Waals surface area contributed by atoms with Crippen LogP contribution >= 0.6 is 0 Å². The van der Waals surface area contributed by atoms with E-state index in [0.717, 1.165) is 17.2 Å². The molecule has 1 fully saturated rings. The van der Waals surface area contributed by atoms with Crippen molar-refractivity contribution in [1.82, 2.24) is 20.1 Å². The Hall–Kier alpha value is -4.08. The van der Waals surface area contributed by atoms with Gasteiger partial charge in [-0.25, -0.2) is 9.78 Å². The summed E-state index contributed by atoms with van der Waals surface area (Å²) in [7, 11) is 3.15. The Labute approximate surface area is 192 Å². The van der Waals surface area contributed by atoms with Gasteiger partial charge >= 0.3 is 6.03 Å². The molecule has 0 atom stereocenters. The van der Waals surface area contributed by atoms with Crippen LogP contribution in [-0.2, 0) is 0 Å². The summed E-state index contributed by atoms with van der Waals surface area (Å²) in [5, 5.41) is 14.7. The summed E-state index contributed by atoms with van der Waals surface area (Å²) in [6.07, 6.45) is 1.75. The number of anilines is 4. The minimum absolute atomic E-state index is 0.166. The maximum absolute atomic E-state index is 12.7. The van der Waals surface area contributed by atoms with Crippen LogP contribution in [0.25, 0.3) is 0 Å². The van der Waals surface area contributed by atoms with E-state index >= 15 is 0 Å². The van der Waals surface area contributed by atoms with E-state index < -0.39 is 0 Å². The number of nitrogens with zero attached hydrogens (tertiary/aromatic N) is 5. The predicted octanol–water partition coefficient (Wildman–Crippen LogP) is 3.29. The number of urea groups is 1. The van der Waals surface area contributed by atoms with Crippen LogP contribution in [0.1, 0.15) is 5.56 Å². The normalized spacial score (nSPS) is 13.4. The Morgan fingerprint density at radius 1 is 0.909 bits per heavy atom. The highest BCUT2D eigenvalue weighted by Crippen LogP contribution is 2.26. The first-order chi connectivity index (χ1) is 16.0. The highest BCUT2D eigenvalue weighted by atomic mass is 16.5. The van der Waals surface area contributed by atoms with Crippen molar-refractivity contribution in [2.24, 2.45) is 0 Å². The summed E-state index contributed by atoms with van der Waals surface area (Å²) in [6, 6.07) is 12.8. The number of aryl methyl sites for hydroxylation is 1. The van der Waals surface area contributed by atoms with Gasteiger partial charge in [-0.05, 0) is 36.8 Å². The van der Waals surface area contributed by atoms with Gasteiger partial charge in [0.2, 0.25) is 0 Å². The van der Waals surface area contributed by atoms with Gasteiger partial charge in [0, 0.05) is 56.3 Å². The second-order valence-electron chi connectivity index (χ2n) is 7.63. The van der Waals surface area contributed by atoms with Gasteiger partial charge in [0.05, 0.1) is 14.2 Å². The van der Waals surface area contributed by atoms with Gasteiger partial charge in [-0.2, -0.15) is 0 Å². The lowest BCUT2D eigenvalue weighted by molar-refractivity contribution is 0.208. The number of methoxy groups -OCH3 is 2. The van der Waals surface area contributed by atoms with Crippen molar-refractivity contribution in [2.45, 2.75) is 6.92 Å². The maximum Gasteiger partial charge on any atom is 0.321 e. The number of carbonyl (C=O) groups is 1. The topological polar surface area (TPSA) is 105 Å². The van der Waals surface area contributed by atoms with Crippen molar-refractivity contribution in [2.75, 3.05) is 55.9 Å². The van der Waals surface area contributed by atoms with E-state index in [1.54, 1.807) is 43.5 Å². The summed E-state index contributed by atoms with van der Waals surface area (Å²) in [6.45, 7) is 4.48. The Morgan fingerprint density at radius 2 is 1.64 bits per heavy atom. The smallest absolute Gasteiger partial charge is 0.321 e. The van der Waals surface area contributed by atoms with Gasteiger partial charge in [0.15, 0.2) is 11.6 Å². The number of carbonyl (C=O) groups excluding carboxylic acids is 1. The Kier molecular flexibility index (Phi) is 6.72. The molecule has 1 aromatic carbocycles. The zero-order chi connectivity index (χ0) is 23.2. The number of pyridine rings is 1. The van der Waals surface area contributed by atoms with Crippen LogP contribution in [0.5, 0.6) is 11.5 Å². The summed E-state index contributed by atoms with van der Waals surface area (Å²) in [4.78, 5) is 20.9. The summed E-state index contributed by atoms with van der Waals surface area (Å²) in [5.74, 6) is 3.36. The van der Waals surface area contributed by atoms with E-state index in [2.05, 4.69) is 30.7 Å². The minimum atomic E-state index is -0.166. The molecule has 1 aliphatic rings. The molecule has 0 bridgehead atoms. The second kappa shape index (κ2) is 10.0. The molecule has 0 unspecified atom stereocenters. The number of amides is 2. The highest BCUT2D eigenvalue weighted by Gasteiger charge is 2.22. The van der Waals surface area contributed by atoms with Crippen molar-refractivity contribution >= 4 is 29.2 Å². The SMILES string of the molecule is COc1cc(NC(=O)N2CCN(c3ccc(Nc4cc(C)ccn4)nn3)CC2)cc(OC)c1. The lowest BCUT2D eigenvalue weighted by atomic mass is 10.2. The predicted molar refractivity (Wildman–Crippen MR) is 127 cm³/mol. The third kappa shape index (κ3) is 5.59. The first-order valence-electron chi connectivity index (χ1n) is 10.6. The monoisotopic (exact) mass is 449 g/mol. The molecule has 0 radical (unpaired) electrons. The van der Waals surface area contributed by atoms with Gasteiger partial charge in [-0.3, -0.25) is 0 Å². The number of aromatic nitrogens is 3. The highest BCUT2D eigenvalue weighted by molar-refractivity contribution is 5.90. The molecule has 10 heteroatoms. The fourth-order valence-electron chi connectivity index (χ4n) is 3.52. The number of benzene rings is 1. The van der Waals surface area contributed by atoms with Crippen LogP contribution in [-0.4, -0.2) is 66.5 Å². The fraction of sp³-hybridized carbons (Fsp3) is 0.304. The van der Waals surface area contributed by atoms with Gasteiger partial charge < -0.3 is 29.9 Å². The van der Waals surface area contributed by atoms with Gasteiger partial charge in [-0.1, -0.05) is 0 Å². The van der Waals surface area contributed by atoms with Crippen LogP contribution in [0.3, 0.4) is 0 Å². The first-order valence-corrected chi connectivity index (χ1v) is 10.6. The molecule has 4 rings (SSSR count). The molecule has 2 aromatic heterocycles. The third-order valence-electron chi connectivity index (χ3n) is 5.32. The van der Waals surface area contributed by atoms with E-state index in [4.69, 9.17) is 9.47 Å². The standard InChI is InChI=1S/C23H27N7O3/c1-16-6-7-24-21(12-16)26-20-4-5-22(28-27-20)29-8-10-30(11-9-29)23(31)25-17-13-18(32-2)15-19(14-17)33-3/h4-7,12-15H,8-11H2,1-3H3,(H,25,31)(H,24,26,27). The van der Waals surface area contributed by atoms with Crippen LogP contribution in [0, 0.1) is 6.92 Å². The van der Waals surface area contributed by atoms with Gasteiger partial charge in [-0.15, -0.1) is 10.2 Å². The third-order valence-corrected chi connectivity index (χ3v) is 5.32. The van der Waals surface area contributed by atoms with Gasteiger partial charge in [0.25, 0.3) is 0 Å². The molecule has 1 saturated heterocycles. The van der Waals surface area contributed by atoms with Crippen molar-refractivity contribution in [3.8, 4) is 11.5 Å². The lowest BCUT2D eigenvalue weighted by Crippen LogP contribution is -2.50. The number of hydrogen-bond donors (Lipinski definition) is 2. The fourth-order valence-corrected chi connectivity index (χ4v) is 3.52. The van der Waals surface area contributed by atoms with Gasteiger partial charge in [0.1, 0.15) is 17.3 Å². The molecule has 33 heavy (non-hydrogen) atoms. The number of rotatable bonds is 6. The molecule has 2 amide bonds. The molecule has 172 valence electrons. The molecule has 10 nitrogen and oxygen atoms in total. The molecular formula is C23H27N7O3. The minimum Gasteiger partial charge on any atom is -0.497 e. The summed E-state index contributed by atoms with van der Waals surface area (Å²) < 4.78 is 10.5. The average molecular weight is 450 g/mol. The molecule has 3 aromatic rings.